The normalized spacial score (nSPS) is 19.2. The lowest BCUT2D eigenvalue weighted by molar-refractivity contribution is 0.128. The van der Waals surface area contributed by atoms with Crippen molar-refractivity contribution in [1.82, 2.24) is 10.2 Å². The molecule has 0 aromatic carbocycles. The summed E-state index contributed by atoms with van der Waals surface area (Å²) < 4.78 is 0. The summed E-state index contributed by atoms with van der Waals surface area (Å²) in [5, 5.41) is 3.34. The Labute approximate surface area is 95.4 Å². The quantitative estimate of drug-likeness (QED) is 0.697. The summed E-state index contributed by atoms with van der Waals surface area (Å²) in [5.74, 6) is 1.53. The largest absolute Gasteiger partial charge is 0.318 e. The number of likely N-dealkylation sites (N-methyl/N-ethyl adjacent to an activating group) is 1. The van der Waals surface area contributed by atoms with Crippen LogP contribution < -0.4 is 5.32 Å². The van der Waals surface area contributed by atoms with Crippen molar-refractivity contribution < 1.29 is 0 Å². The average molecular weight is 212 g/mol. The van der Waals surface area contributed by atoms with Crippen molar-refractivity contribution in [1.29, 1.82) is 0 Å². The Bertz CT molecular complexity index is 173. The molecule has 1 rings (SSSR count). The fourth-order valence-corrected chi connectivity index (χ4v) is 2.33. The first-order valence-electron chi connectivity index (χ1n) is 6.46. The summed E-state index contributed by atoms with van der Waals surface area (Å²) in [7, 11) is 2.07. The van der Waals surface area contributed by atoms with Crippen LogP contribution >= 0.6 is 0 Å². The van der Waals surface area contributed by atoms with Gasteiger partial charge in [-0.3, -0.25) is 4.90 Å². The molecule has 1 fully saturated rings. The molecular weight excluding hydrogens is 184 g/mol. The fraction of sp³-hybridized carbons (Fsp3) is 1.00. The zero-order chi connectivity index (χ0) is 11.4. The van der Waals surface area contributed by atoms with Crippen molar-refractivity contribution in [3.8, 4) is 0 Å². The molecule has 1 saturated carbocycles. The lowest BCUT2D eigenvalue weighted by atomic mass is 10.0. The van der Waals surface area contributed by atoms with E-state index in [1.165, 1.54) is 19.4 Å². The van der Waals surface area contributed by atoms with Gasteiger partial charge in [0.05, 0.1) is 0 Å². The van der Waals surface area contributed by atoms with Crippen LogP contribution in [0.2, 0.25) is 0 Å². The monoisotopic (exact) mass is 212 g/mol. The van der Waals surface area contributed by atoms with Gasteiger partial charge in [-0.05, 0) is 31.7 Å². The molecule has 2 nitrogen and oxygen atoms in total. The highest BCUT2D eigenvalue weighted by Crippen LogP contribution is 2.31. The Balaban J connectivity index is 2.56. The van der Waals surface area contributed by atoms with Crippen LogP contribution in [-0.2, 0) is 0 Å². The van der Waals surface area contributed by atoms with Gasteiger partial charge in [-0.1, -0.05) is 27.7 Å². The van der Waals surface area contributed by atoms with Crippen molar-refractivity contribution in [2.24, 2.45) is 11.8 Å². The zero-order valence-electron chi connectivity index (χ0n) is 11.1. The van der Waals surface area contributed by atoms with Gasteiger partial charge in [0.1, 0.15) is 0 Å². The molecule has 0 aromatic rings. The van der Waals surface area contributed by atoms with Crippen molar-refractivity contribution in [2.75, 3.05) is 20.1 Å². The lowest BCUT2D eigenvalue weighted by Crippen LogP contribution is -2.47. The van der Waals surface area contributed by atoms with Crippen molar-refractivity contribution in [2.45, 2.75) is 52.6 Å². The Morgan fingerprint density at radius 3 is 2.13 bits per heavy atom. The van der Waals surface area contributed by atoms with Crippen LogP contribution in [0.1, 0.15) is 40.5 Å². The summed E-state index contributed by atoms with van der Waals surface area (Å²) in [5.41, 5.74) is 0. The number of nitrogens with one attached hydrogen (secondary N) is 1. The number of hydrogen-bond donors (Lipinski definition) is 1. The van der Waals surface area contributed by atoms with E-state index in [1.54, 1.807) is 0 Å². The van der Waals surface area contributed by atoms with E-state index in [0.29, 0.717) is 6.04 Å². The second kappa shape index (κ2) is 5.86. The molecule has 1 N–H and O–H groups in total. The van der Waals surface area contributed by atoms with Crippen LogP contribution in [-0.4, -0.2) is 37.1 Å². The van der Waals surface area contributed by atoms with Crippen molar-refractivity contribution in [3.63, 3.8) is 0 Å². The summed E-state index contributed by atoms with van der Waals surface area (Å²) in [6, 6.07) is 1.60. The van der Waals surface area contributed by atoms with Gasteiger partial charge >= 0.3 is 0 Å². The molecule has 0 spiro atoms. The molecule has 2 heteroatoms. The standard InChI is InChI=1S/C13H28N2/c1-10(2)9-15(12-6-7-12)13(8-14-5)11(3)4/h10-14H,6-9H2,1-5H3. The highest BCUT2D eigenvalue weighted by molar-refractivity contribution is 4.90. The molecule has 1 aliphatic carbocycles. The lowest BCUT2D eigenvalue weighted by Gasteiger charge is -2.35. The molecule has 0 heterocycles. The van der Waals surface area contributed by atoms with Crippen molar-refractivity contribution in [3.05, 3.63) is 0 Å². The maximum atomic E-state index is 3.34. The zero-order valence-corrected chi connectivity index (χ0v) is 11.1. The maximum Gasteiger partial charge on any atom is 0.0246 e. The molecular formula is C13H28N2. The van der Waals surface area contributed by atoms with Gasteiger partial charge in [0.2, 0.25) is 0 Å². The van der Waals surface area contributed by atoms with E-state index in [2.05, 4.69) is 45.0 Å². The highest BCUT2D eigenvalue weighted by Gasteiger charge is 2.34. The number of rotatable bonds is 7. The highest BCUT2D eigenvalue weighted by atomic mass is 15.2. The summed E-state index contributed by atoms with van der Waals surface area (Å²) in [6.07, 6.45) is 2.83. The topological polar surface area (TPSA) is 15.3 Å². The van der Waals surface area contributed by atoms with Crippen LogP contribution in [0.15, 0.2) is 0 Å². The predicted octanol–water partition coefficient (Wildman–Crippen LogP) is 2.35. The Morgan fingerprint density at radius 1 is 1.20 bits per heavy atom. The van der Waals surface area contributed by atoms with E-state index < -0.39 is 0 Å². The molecule has 90 valence electrons. The van der Waals surface area contributed by atoms with E-state index in [4.69, 9.17) is 0 Å². The third-order valence-corrected chi connectivity index (χ3v) is 3.20. The second-order valence-corrected chi connectivity index (χ2v) is 5.69. The third kappa shape index (κ3) is 4.12. The first kappa shape index (κ1) is 13.0. The van der Waals surface area contributed by atoms with Gasteiger partial charge in [0, 0.05) is 25.2 Å². The van der Waals surface area contributed by atoms with Gasteiger partial charge in [-0.15, -0.1) is 0 Å². The minimum Gasteiger partial charge on any atom is -0.318 e. The van der Waals surface area contributed by atoms with Crippen LogP contribution in [0, 0.1) is 11.8 Å². The van der Waals surface area contributed by atoms with Gasteiger partial charge < -0.3 is 5.32 Å². The van der Waals surface area contributed by atoms with Crippen LogP contribution in [0.3, 0.4) is 0 Å². The van der Waals surface area contributed by atoms with Gasteiger partial charge in [-0.2, -0.15) is 0 Å². The maximum absolute atomic E-state index is 3.34. The van der Waals surface area contributed by atoms with Gasteiger partial charge in [-0.25, -0.2) is 0 Å². The average Bonchev–Trinajstić information content (AvgIpc) is 2.93. The summed E-state index contributed by atoms with van der Waals surface area (Å²) >= 11 is 0. The minimum absolute atomic E-state index is 0.713. The predicted molar refractivity (Wildman–Crippen MR) is 67.1 cm³/mol. The summed E-state index contributed by atoms with van der Waals surface area (Å²) in [4.78, 5) is 2.74. The molecule has 0 amide bonds. The molecule has 0 radical (unpaired) electrons. The van der Waals surface area contributed by atoms with Gasteiger partial charge in [0.25, 0.3) is 0 Å². The Kier molecular flexibility index (Phi) is 5.07. The Hall–Kier alpha value is -0.0800. The summed E-state index contributed by atoms with van der Waals surface area (Å²) in [6.45, 7) is 11.7. The molecule has 15 heavy (non-hydrogen) atoms. The Morgan fingerprint density at radius 2 is 1.80 bits per heavy atom. The molecule has 0 aliphatic heterocycles. The van der Waals surface area contributed by atoms with Crippen molar-refractivity contribution >= 4 is 0 Å². The molecule has 1 atom stereocenters. The van der Waals surface area contributed by atoms with Crippen LogP contribution in [0.4, 0.5) is 0 Å². The molecule has 1 unspecified atom stereocenters. The fourth-order valence-electron chi connectivity index (χ4n) is 2.33. The van der Waals surface area contributed by atoms with E-state index in [0.717, 1.165) is 24.4 Å². The van der Waals surface area contributed by atoms with Gasteiger partial charge in [0.15, 0.2) is 0 Å². The minimum atomic E-state index is 0.713. The van der Waals surface area contributed by atoms with Crippen LogP contribution in [0.25, 0.3) is 0 Å². The first-order chi connectivity index (χ1) is 7.06. The smallest absolute Gasteiger partial charge is 0.0246 e. The first-order valence-corrected chi connectivity index (χ1v) is 6.46. The van der Waals surface area contributed by atoms with E-state index in [1.807, 2.05) is 0 Å². The molecule has 0 saturated heterocycles. The SMILES string of the molecule is CNCC(C(C)C)N(CC(C)C)C1CC1. The number of nitrogens with zero attached hydrogens (tertiary/aromatic N) is 1. The van der Waals surface area contributed by atoms with Crippen LogP contribution in [0.5, 0.6) is 0 Å². The molecule has 0 bridgehead atoms. The van der Waals surface area contributed by atoms with E-state index in [-0.39, 0.29) is 0 Å². The second-order valence-electron chi connectivity index (χ2n) is 5.69. The number of hydrogen-bond acceptors (Lipinski definition) is 2. The molecule has 0 aromatic heterocycles. The third-order valence-electron chi connectivity index (χ3n) is 3.20. The van der Waals surface area contributed by atoms with E-state index >= 15 is 0 Å². The molecule has 1 aliphatic rings. The van der Waals surface area contributed by atoms with E-state index in [9.17, 15) is 0 Å².